The fourth-order valence-electron chi connectivity index (χ4n) is 5.07. The van der Waals surface area contributed by atoms with Gasteiger partial charge in [-0.05, 0) is 36.6 Å². The molecule has 0 N–H and O–H groups in total. The zero-order chi connectivity index (χ0) is 22.5. The first-order valence-electron chi connectivity index (χ1n) is 11.6. The summed E-state index contributed by atoms with van der Waals surface area (Å²) in [5, 5.41) is 0. The molecule has 0 fully saturated rings. The molecule has 2 aliphatic heterocycles. The Morgan fingerprint density at radius 1 is 0.788 bits per heavy atom. The number of para-hydroxylation sites is 4. The first-order chi connectivity index (χ1) is 16.1. The molecule has 1 unspecified atom stereocenters. The van der Waals surface area contributed by atoms with Gasteiger partial charge in [-0.1, -0.05) is 31.2 Å². The molecule has 168 valence electrons. The maximum absolute atomic E-state index is 13.0. The van der Waals surface area contributed by atoms with Gasteiger partial charge < -0.3 is 9.13 Å². The van der Waals surface area contributed by atoms with E-state index in [0.717, 1.165) is 47.1 Å². The molecule has 33 heavy (non-hydrogen) atoms. The lowest BCUT2D eigenvalue weighted by molar-refractivity contribution is -0.121. The Hall–Kier alpha value is -3.68. The second-order valence-electron chi connectivity index (χ2n) is 9.04. The minimum Gasteiger partial charge on any atom is -0.308 e. The van der Waals surface area contributed by atoms with E-state index in [0.29, 0.717) is 32.4 Å². The number of hydrogen-bond donors (Lipinski definition) is 0. The number of anilines is 2. The van der Waals surface area contributed by atoms with Crippen LogP contribution < -0.4 is 9.80 Å². The summed E-state index contributed by atoms with van der Waals surface area (Å²) < 4.78 is 4.22. The predicted molar refractivity (Wildman–Crippen MR) is 127 cm³/mol. The number of imidazole rings is 2. The number of aromatic nitrogens is 4. The summed E-state index contributed by atoms with van der Waals surface area (Å²) >= 11 is 0. The molecule has 8 nitrogen and oxygen atoms in total. The van der Waals surface area contributed by atoms with E-state index in [1.807, 2.05) is 55.5 Å². The van der Waals surface area contributed by atoms with Gasteiger partial charge in [0.25, 0.3) is 0 Å². The highest BCUT2D eigenvalue weighted by Crippen LogP contribution is 2.30. The van der Waals surface area contributed by atoms with Crippen LogP contribution in [0.2, 0.25) is 0 Å². The van der Waals surface area contributed by atoms with Crippen LogP contribution in [0.15, 0.2) is 48.5 Å². The maximum Gasteiger partial charge on any atom is 0.229 e. The van der Waals surface area contributed by atoms with Crippen LogP contribution in [0.1, 0.15) is 26.2 Å². The van der Waals surface area contributed by atoms with Crippen LogP contribution in [0.4, 0.5) is 11.9 Å². The molecule has 0 saturated carbocycles. The van der Waals surface area contributed by atoms with Gasteiger partial charge in [-0.2, -0.15) is 0 Å². The standard InChI is InChI=1S/C25H26N6O2/c1-17(16-23(33)31-15-13-29-21-9-5-3-7-19(21)27-25(29)31)10-11-22(32)30-14-12-28-20-8-4-2-6-18(20)26-24(28)30/h2-9,17H,10-16H2,1H3. The minimum atomic E-state index is 0.0753. The third-order valence-corrected chi connectivity index (χ3v) is 6.82. The summed E-state index contributed by atoms with van der Waals surface area (Å²) in [7, 11) is 0. The largest absolute Gasteiger partial charge is 0.308 e. The van der Waals surface area contributed by atoms with Crippen LogP contribution in [0.3, 0.4) is 0 Å². The van der Waals surface area contributed by atoms with E-state index in [-0.39, 0.29) is 17.7 Å². The van der Waals surface area contributed by atoms with Gasteiger partial charge in [0.2, 0.25) is 23.7 Å². The molecule has 2 amide bonds. The van der Waals surface area contributed by atoms with Crippen molar-refractivity contribution in [3.63, 3.8) is 0 Å². The minimum absolute atomic E-state index is 0.0753. The Kier molecular flexibility index (Phi) is 4.67. The van der Waals surface area contributed by atoms with Crippen LogP contribution in [0.5, 0.6) is 0 Å². The Morgan fingerprint density at radius 2 is 1.30 bits per heavy atom. The van der Waals surface area contributed by atoms with E-state index in [2.05, 4.69) is 19.1 Å². The number of carbonyl (C=O) groups excluding carboxylic acids is 2. The lowest BCUT2D eigenvalue weighted by atomic mass is 10.0. The third-order valence-electron chi connectivity index (χ3n) is 6.82. The van der Waals surface area contributed by atoms with Gasteiger partial charge in [-0.3, -0.25) is 19.4 Å². The van der Waals surface area contributed by atoms with Crippen molar-refractivity contribution in [3.8, 4) is 0 Å². The summed E-state index contributed by atoms with van der Waals surface area (Å²) in [5.74, 6) is 1.74. The molecule has 0 aliphatic carbocycles. The summed E-state index contributed by atoms with van der Waals surface area (Å²) in [4.78, 5) is 38.9. The van der Waals surface area contributed by atoms with Crippen molar-refractivity contribution in [2.75, 3.05) is 22.9 Å². The van der Waals surface area contributed by atoms with Gasteiger partial charge in [0, 0.05) is 39.0 Å². The second-order valence-corrected chi connectivity index (χ2v) is 9.04. The van der Waals surface area contributed by atoms with Gasteiger partial charge in [0.1, 0.15) is 0 Å². The highest BCUT2D eigenvalue weighted by Gasteiger charge is 2.30. The average molecular weight is 443 g/mol. The number of fused-ring (bicyclic) bond motifs is 6. The van der Waals surface area contributed by atoms with Crippen LogP contribution >= 0.6 is 0 Å². The van der Waals surface area contributed by atoms with Crippen LogP contribution in [0.25, 0.3) is 22.1 Å². The van der Waals surface area contributed by atoms with Gasteiger partial charge in [0.15, 0.2) is 0 Å². The molecule has 4 heterocycles. The zero-order valence-electron chi connectivity index (χ0n) is 18.6. The highest BCUT2D eigenvalue weighted by atomic mass is 16.2. The lowest BCUT2D eigenvalue weighted by Gasteiger charge is -2.18. The van der Waals surface area contributed by atoms with Crippen molar-refractivity contribution in [3.05, 3.63) is 48.5 Å². The first kappa shape index (κ1) is 20.0. The van der Waals surface area contributed by atoms with E-state index in [1.165, 1.54) is 0 Å². The SMILES string of the molecule is CC(CCC(=O)N1CCn2c1nc1ccccc12)CC(=O)N1CCn2c1nc1ccccc12. The molecule has 2 aromatic heterocycles. The van der Waals surface area contributed by atoms with Crippen molar-refractivity contribution in [1.29, 1.82) is 0 Å². The summed E-state index contributed by atoms with van der Waals surface area (Å²) in [6.45, 7) is 4.89. The molecule has 0 radical (unpaired) electrons. The molecule has 1 atom stereocenters. The van der Waals surface area contributed by atoms with Crippen molar-refractivity contribution >= 4 is 45.8 Å². The maximum atomic E-state index is 13.0. The van der Waals surface area contributed by atoms with E-state index in [4.69, 9.17) is 0 Å². The first-order valence-corrected chi connectivity index (χ1v) is 11.6. The Morgan fingerprint density at radius 3 is 1.88 bits per heavy atom. The molecule has 6 rings (SSSR count). The van der Waals surface area contributed by atoms with Crippen molar-refractivity contribution in [2.45, 2.75) is 39.3 Å². The smallest absolute Gasteiger partial charge is 0.229 e. The molecular weight excluding hydrogens is 416 g/mol. The van der Waals surface area contributed by atoms with Gasteiger partial charge in [0.05, 0.1) is 22.1 Å². The second kappa shape index (κ2) is 7.72. The number of rotatable bonds is 5. The Balaban J connectivity index is 1.08. The van der Waals surface area contributed by atoms with Crippen molar-refractivity contribution < 1.29 is 9.59 Å². The van der Waals surface area contributed by atoms with Crippen LogP contribution in [-0.2, 0) is 22.7 Å². The number of nitrogens with zero attached hydrogens (tertiary/aromatic N) is 6. The topological polar surface area (TPSA) is 76.3 Å². The molecule has 0 saturated heterocycles. The number of amides is 2. The fraction of sp³-hybridized carbons (Fsp3) is 0.360. The van der Waals surface area contributed by atoms with Gasteiger partial charge in [-0.25, -0.2) is 9.97 Å². The van der Waals surface area contributed by atoms with Crippen LogP contribution in [-0.4, -0.2) is 44.0 Å². The normalized spacial score (nSPS) is 15.9. The molecule has 4 aromatic rings. The van der Waals surface area contributed by atoms with E-state index >= 15 is 0 Å². The fourth-order valence-corrected chi connectivity index (χ4v) is 5.07. The van der Waals surface area contributed by atoms with E-state index < -0.39 is 0 Å². The van der Waals surface area contributed by atoms with E-state index in [1.54, 1.807) is 9.80 Å². The van der Waals surface area contributed by atoms with Crippen molar-refractivity contribution in [1.82, 2.24) is 19.1 Å². The molecule has 8 heteroatoms. The van der Waals surface area contributed by atoms with Crippen molar-refractivity contribution in [2.24, 2.45) is 5.92 Å². The number of carbonyl (C=O) groups is 2. The number of benzene rings is 2. The Bertz CT molecular complexity index is 1390. The van der Waals surface area contributed by atoms with Crippen LogP contribution in [0, 0.1) is 5.92 Å². The summed E-state index contributed by atoms with van der Waals surface area (Å²) in [6.07, 6.45) is 1.50. The Labute approximate surface area is 191 Å². The molecule has 2 aliphatic rings. The summed E-state index contributed by atoms with van der Waals surface area (Å²) in [6, 6.07) is 16.0. The molecule has 0 spiro atoms. The quantitative estimate of drug-likeness (QED) is 0.473. The molecule has 2 aromatic carbocycles. The zero-order valence-corrected chi connectivity index (χ0v) is 18.6. The third kappa shape index (κ3) is 3.28. The highest BCUT2D eigenvalue weighted by molar-refractivity contribution is 5.96. The van der Waals surface area contributed by atoms with Gasteiger partial charge >= 0.3 is 0 Å². The van der Waals surface area contributed by atoms with E-state index in [9.17, 15) is 9.59 Å². The lowest BCUT2D eigenvalue weighted by Crippen LogP contribution is -2.32. The molecule has 0 bridgehead atoms. The van der Waals surface area contributed by atoms with Gasteiger partial charge in [-0.15, -0.1) is 0 Å². The number of hydrogen-bond acceptors (Lipinski definition) is 4. The molecular formula is C25H26N6O2. The predicted octanol–water partition coefficient (Wildman–Crippen LogP) is 3.59. The monoisotopic (exact) mass is 442 g/mol. The average Bonchev–Trinajstić information content (AvgIpc) is 3.56. The summed E-state index contributed by atoms with van der Waals surface area (Å²) in [5.41, 5.74) is 3.97.